The van der Waals surface area contributed by atoms with Gasteiger partial charge in [0.25, 0.3) is 0 Å². The van der Waals surface area contributed by atoms with Gasteiger partial charge in [0, 0.05) is 13.2 Å². The van der Waals surface area contributed by atoms with Crippen LogP contribution in [0.25, 0.3) is 0 Å². The molecule has 0 spiro atoms. The number of rotatable bonds is 6. The molecule has 1 N–H and O–H groups in total. The third kappa shape index (κ3) is 3.92. The number of hydrogen-bond acceptors (Lipinski definition) is 5. The first kappa shape index (κ1) is 15.7. The van der Waals surface area contributed by atoms with Crippen molar-refractivity contribution in [1.82, 2.24) is 10.2 Å². The molecule has 0 aromatic carbocycles. The third-order valence-corrected chi connectivity index (χ3v) is 3.99. The van der Waals surface area contributed by atoms with Crippen molar-refractivity contribution < 1.29 is 4.74 Å². The van der Waals surface area contributed by atoms with Gasteiger partial charge in [-0.05, 0) is 44.1 Å². The van der Waals surface area contributed by atoms with Crippen LogP contribution in [0.15, 0.2) is 0 Å². The Bertz CT molecular complexity index is 504. The van der Waals surface area contributed by atoms with Gasteiger partial charge in [-0.15, -0.1) is 5.10 Å². The molecule has 5 heteroatoms. The molecule has 21 heavy (non-hydrogen) atoms. The average molecular weight is 288 g/mol. The van der Waals surface area contributed by atoms with E-state index < -0.39 is 0 Å². The highest BCUT2D eigenvalue weighted by molar-refractivity contribution is 5.56. The Hall–Kier alpha value is -1.67. The molecule has 1 aliphatic rings. The molecule has 1 fully saturated rings. The van der Waals surface area contributed by atoms with Crippen LogP contribution in [0.3, 0.4) is 0 Å². The van der Waals surface area contributed by atoms with E-state index in [1.54, 1.807) is 0 Å². The summed E-state index contributed by atoms with van der Waals surface area (Å²) in [6.07, 6.45) is 6.45. The second-order valence-corrected chi connectivity index (χ2v) is 5.37. The Balaban J connectivity index is 2.00. The average Bonchev–Trinajstić information content (AvgIpc) is 2.55. The van der Waals surface area contributed by atoms with Crippen molar-refractivity contribution in [2.24, 2.45) is 0 Å². The van der Waals surface area contributed by atoms with Crippen LogP contribution >= 0.6 is 0 Å². The molecule has 1 aromatic heterocycles. The quantitative estimate of drug-likeness (QED) is 0.871. The van der Waals surface area contributed by atoms with E-state index in [4.69, 9.17) is 4.74 Å². The van der Waals surface area contributed by atoms with E-state index >= 15 is 0 Å². The van der Waals surface area contributed by atoms with Gasteiger partial charge in [0.1, 0.15) is 11.6 Å². The molecule has 1 unspecified atom stereocenters. The van der Waals surface area contributed by atoms with Gasteiger partial charge in [-0.25, -0.2) is 0 Å². The van der Waals surface area contributed by atoms with Crippen molar-refractivity contribution in [3.8, 4) is 6.07 Å². The summed E-state index contributed by atoms with van der Waals surface area (Å²) in [6.45, 7) is 5.73. The van der Waals surface area contributed by atoms with Crippen molar-refractivity contribution in [2.75, 3.05) is 18.5 Å². The van der Waals surface area contributed by atoms with Gasteiger partial charge in [-0.3, -0.25) is 0 Å². The van der Waals surface area contributed by atoms with Crippen molar-refractivity contribution in [3.63, 3.8) is 0 Å². The van der Waals surface area contributed by atoms with E-state index in [0.29, 0.717) is 17.5 Å². The van der Waals surface area contributed by atoms with Crippen LogP contribution in [-0.2, 0) is 17.6 Å². The number of anilines is 1. The topological polar surface area (TPSA) is 70.8 Å². The Morgan fingerprint density at radius 2 is 2.14 bits per heavy atom. The summed E-state index contributed by atoms with van der Waals surface area (Å²) in [4.78, 5) is 0. The SMILES string of the molecule is CCc1nnc(NCCC2CCCCO2)c(C#N)c1CC. The van der Waals surface area contributed by atoms with Gasteiger partial charge in [-0.1, -0.05) is 13.8 Å². The second-order valence-electron chi connectivity index (χ2n) is 5.37. The predicted molar refractivity (Wildman–Crippen MR) is 82.2 cm³/mol. The standard InChI is InChI=1S/C16H24N4O/c1-3-13-14(11-17)16(20-19-15(13)4-2)18-9-8-12-7-5-6-10-21-12/h12H,3-10H2,1-2H3,(H,18,20). The lowest BCUT2D eigenvalue weighted by molar-refractivity contribution is 0.0134. The molecule has 0 radical (unpaired) electrons. The second kappa shape index (κ2) is 7.94. The maximum Gasteiger partial charge on any atom is 0.166 e. The van der Waals surface area contributed by atoms with Crippen molar-refractivity contribution in [1.29, 1.82) is 5.26 Å². The zero-order valence-corrected chi connectivity index (χ0v) is 13.0. The number of ether oxygens (including phenoxy) is 1. The van der Waals surface area contributed by atoms with Crippen LogP contribution in [0.5, 0.6) is 0 Å². The number of nitrogens with zero attached hydrogens (tertiary/aromatic N) is 3. The number of nitriles is 1. The monoisotopic (exact) mass is 288 g/mol. The molecular weight excluding hydrogens is 264 g/mol. The smallest absolute Gasteiger partial charge is 0.166 e. The van der Waals surface area contributed by atoms with Gasteiger partial charge >= 0.3 is 0 Å². The van der Waals surface area contributed by atoms with Crippen LogP contribution in [0.2, 0.25) is 0 Å². The van der Waals surface area contributed by atoms with Gasteiger partial charge in [-0.2, -0.15) is 10.4 Å². The molecular formula is C16H24N4O. The fourth-order valence-electron chi connectivity index (χ4n) is 2.80. The van der Waals surface area contributed by atoms with Crippen LogP contribution < -0.4 is 5.32 Å². The maximum atomic E-state index is 9.42. The minimum Gasteiger partial charge on any atom is -0.378 e. The van der Waals surface area contributed by atoms with Gasteiger partial charge < -0.3 is 10.1 Å². The van der Waals surface area contributed by atoms with E-state index in [-0.39, 0.29) is 0 Å². The molecule has 0 aliphatic carbocycles. The van der Waals surface area contributed by atoms with Crippen molar-refractivity contribution in [3.05, 3.63) is 16.8 Å². The van der Waals surface area contributed by atoms with Crippen molar-refractivity contribution >= 4 is 5.82 Å². The summed E-state index contributed by atoms with van der Waals surface area (Å²) in [5.41, 5.74) is 2.59. The van der Waals surface area contributed by atoms with Crippen LogP contribution in [-0.4, -0.2) is 29.5 Å². The molecule has 0 amide bonds. The molecule has 0 saturated carbocycles. The Morgan fingerprint density at radius 1 is 1.29 bits per heavy atom. The maximum absolute atomic E-state index is 9.42. The molecule has 114 valence electrons. The fourth-order valence-corrected chi connectivity index (χ4v) is 2.80. The third-order valence-electron chi connectivity index (χ3n) is 3.99. The number of aryl methyl sites for hydroxylation is 1. The highest BCUT2D eigenvalue weighted by Crippen LogP contribution is 2.21. The van der Waals surface area contributed by atoms with E-state index in [1.807, 2.05) is 6.92 Å². The minimum atomic E-state index is 0.338. The predicted octanol–water partition coefficient (Wildman–Crippen LogP) is 2.84. The van der Waals surface area contributed by atoms with Crippen LogP contribution in [0.4, 0.5) is 5.82 Å². The van der Waals surface area contributed by atoms with E-state index in [9.17, 15) is 5.26 Å². The molecule has 1 aliphatic heterocycles. The van der Waals surface area contributed by atoms with Gasteiger partial charge in [0.2, 0.25) is 0 Å². The highest BCUT2D eigenvalue weighted by Gasteiger charge is 2.16. The summed E-state index contributed by atoms with van der Waals surface area (Å²) in [5.74, 6) is 0.613. The Morgan fingerprint density at radius 3 is 2.76 bits per heavy atom. The molecule has 2 rings (SSSR count). The lowest BCUT2D eigenvalue weighted by Gasteiger charge is -2.22. The van der Waals surface area contributed by atoms with Crippen LogP contribution in [0, 0.1) is 11.3 Å². The zero-order valence-electron chi connectivity index (χ0n) is 13.0. The molecule has 1 aromatic rings. The van der Waals surface area contributed by atoms with Crippen molar-refractivity contribution in [2.45, 2.75) is 58.5 Å². The summed E-state index contributed by atoms with van der Waals surface area (Å²) >= 11 is 0. The fraction of sp³-hybridized carbons (Fsp3) is 0.688. The van der Waals surface area contributed by atoms with E-state index in [1.165, 1.54) is 12.8 Å². The lowest BCUT2D eigenvalue weighted by Crippen LogP contribution is -2.22. The zero-order chi connectivity index (χ0) is 15.1. The first-order chi connectivity index (χ1) is 10.3. The highest BCUT2D eigenvalue weighted by atomic mass is 16.5. The number of aromatic nitrogens is 2. The molecule has 1 saturated heterocycles. The largest absolute Gasteiger partial charge is 0.378 e. The number of hydrogen-bond donors (Lipinski definition) is 1. The van der Waals surface area contributed by atoms with Crippen LogP contribution in [0.1, 0.15) is 56.4 Å². The Labute approximate surface area is 126 Å². The first-order valence-electron chi connectivity index (χ1n) is 7.94. The molecule has 0 bridgehead atoms. The molecule has 1 atom stereocenters. The summed E-state index contributed by atoms with van der Waals surface area (Å²) < 4.78 is 5.71. The summed E-state index contributed by atoms with van der Waals surface area (Å²) in [6, 6.07) is 2.28. The molecule has 5 nitrogen and oxygen atoms in total. The normalized spacial score (nSPS) is 18.2. The molecule has 2 heterocycles. The lowest BCUT2D eigenvalue weighted by atomic mass is 10.0. The first-order valence-corrected chi connectivity index (χ1v) is 7.94. The van der Waals surface area contributed by atoms with Gasteiger partial charge in [0.15, 0.2) is 5.82 Å². The van der Waals surface area contributed by atoms with E-state index in [0.717, 1.165) is 50.1 Å². The Kier molecular flexibility index (Phi) is 5.94. The van der Waals surface area contributed by atoms with Gasteiger partial charge in [0.05, 0.1) is 11.8 Å². The van der Waals surface area contributed by atoms with E-state index in [2.05, 4.69) is 28.5 Å². The minimum absolute atomic E-state index is 0.338. The summed E-state index contributed by atoms with van der Waals surface area (Å²) in [7, 11) is 0. The number of nitrogens with one attached hydrogen (secondary N) is 1. The summed E-state index contributed by atoms with van der Waals surface area (Å²) in [5, 5.41) is 21.1.